The van der Waals surface area contributed by atoms with E-state index in [2.05, 4.69) is 10.3 Å². The number of sulfone groups is 1. The van der Waals surface area contributed by atoms with Gasteiger partial charge in [-0.1, -0.05) is 24.3 Å². The number of amides is 2. The van der Waals surface area contributed by atoms with Crippen molar-refractivity contribution in [2.75, 3.05) is 38.5 Å². The minimum Gasteiger partial charge on any atom is -0.489 e. The van der Waals surface area contributed by atoms with E-state index in [-0.39, 0.29) is 31.0 Å². The second-order valence-corrected chi connectivity index (χ2v) is 11.7. The van der Waals surface area contributed by atoms with Crippen molar-refractivity contribution in [1.29, 1.82) is 0 Å². The lowest BCUT2D eigenvalue weighted by Crippen LogP contribution is -2.42. The summed E-state index contributed by atoms with van der Waals surface area (Å²) in [7, 11) is -2.12. The molecule has 208 valence electrons. The highest BCUT2D eigenvalue weighted by molar-refractivity contribution is 7.98. The van der Waals surface area contributed by atoms with E-state index < -0.39 is 33.3 Å². The predicted octanol–water partition coefficient (Wildman–Crippen LogP) is 4.10. The maximum absolute atomic E-state index is 13.8. The van der Waals surface area contributed by atoms with Crippen LogP contribution in [0.2, 0.25) is 0 Å². The van der Waals surface area contributed by atoms with Gasteiger partial charge in [0.25, 0.3) is 11.8 Å². The van der Waals surface area contributed by atoms with Gasteiger partial charge in [-0.05, 0) is 59.3 Å². The number of nitrogens with one attached hydrogen (secondary N) is 1. The minimum absolute atomic E-state index is 0.120. The van der Waals surface area contributed by atoms with Crippen LogP contribution in [-0.4, -0.2) is 63.6 Å². The zero-order valence-corrected chi connectivity index (χ0v) is 23.2. The molecule has 0 unspecified atom stereocenters. The second kappa shape index (κ2) is 13.5. The van der Waals surface area contributed by atoms with Crippen molar-refractivity contribution in [3.8, 4) is 16.9 Å². The van der Waals surface area contributed by atoms with Gasteiger partial charge in [0.15, 0.2) is 11.6 Å². The lowest BCUT2D eigenvalue weighted by molar-refractivity contribution is -0.131. The lowest BCUT2D eigenvalue weighted by atomic mass is 10.1. The Hall–Kier alpha value is -3.48. The summed E-state index contributed by atoms with van der Waals surface area (Å²) in [5, 5.41) is 0. The van der Waals surface area contributed by atoms with Gasteiger partial charge < -0.3 is 9.64 Å². The molecule has 0 aliphatic carbocycles. The molecule has 0 fully saturated rings. The maximum Gasteiger partial charge on any atom is 0.263 e. The van der Waals surface area contributed by atoms with Crippen LogP contribution in [0, 0.1) is 11.6 Å². The Morgan fingerprint density at radius 2 is 1.72 bits per heavy atom. The van der Waals surface area contributed by atoms with Crippen molar-refractivity contribution in [1.82, 2.24) is 10.4 Å². The first-order valence-electron chi connectivity index (χ1n) is 11.6. The summed E-state index contributed by atoms with van der Waals surface area (Å²) in [6.45, 7) is -0.432. The SMILES string of the molecule is CONC(=O)CN(CCS(C)(=O)=O)C(=O)c1cccc(COc2ccc(-c3cc(F)c(F)cc3SC)cc2)c1. The molecule has 12 heteroatoms. The Morgan fingerprint density at radius 1 is 1.03 bits per heavy atom. The average molecular weight is 579 g/mol. The Bertz CT molecular complexity index is 1430. The molecule has 0 bridgehead atoms. The number of ether oxygens (including phenoxy) is 1. The molecule has 0 atom stereocenters. The first kappa shape index (κ1) is 30.1. The van der Waals surface area contributed by atoms with E-state index >= 15 is 0 Å². The van der Waals surface area contributed by atoms with Crippen LogP contribution in [0.1, 0.15) is 15.9 Å². The molecular weight excluding hydrogens is 550 g/mol. The van der Waals surface area contributed by atoms with E-state index in [1.165, 1.54) is 24.9 Å². The van der Waals surface area contributed by atoms with Crippen molar-refractivity contribution >= 4 is 33.4 Å². The van der Waals surface area contributed by atoms with Gasteiger partial charge in [-0.25, -0.2) is 22.7 Å². The van der Waals surface area contributed by atoms with Crippen LogP contribution in [0.4, 0.5) is 8.78 Å². The zero-order chi connectivity index (χ0) is 28.6. The molecule has 0 aliphatic heterocycles. The van der Waals surface area contributed by atoms with Gasteiger partial charge in [-0.15, -0.1) is 11.8 Å². The Balaban J connectivity index is 1.71. The highest BCUT2D eigenvalue weighted by Crippen LogP contribution is 2.33. The van der Waals surface area contributed by atoms with E-state index in [1.54, 1.807) is 54.8 Å². The third kappa shape index (κ3) is 8.77. The number of hydroxylamine groups is 1. The van der Waals surface area contributed by atoms with E-state index in [4.69, 9.17) is 4.74 Å². The van der Waals surface area contributed by atoms with Gasteiger partial charge in [0, 0.05) is 23.3 Å². The van der Waals surface area contributed by atoms with Crippen molar-refractivity contribution in [3.63, 3.8) is 0 Å². The average Bonchev–Trinajstić information content (AvgIpc) is 2.91. The smallest absolute Gasteiger partial charge is 0.263 e. The Kier molecular flexibility index (Phi) is 10.4. The minimum atomic E-state index is -3.37. The lowest BCUT2D eigenvalue weighted by Gasteiger charge is -2.22. The van der Waals surface area contributed by atoms with Crippen LogP contribution in [0.25, 0.3) is 11.1 Å². The fourth-order valence-corrected chi connectivity index (χ4v) is 4.82. The van der Waals surface area contributed by atoms with E-state index in [1.807, 2.05) is 0 Å². The fraction of sp³-hybridized carbons (Fsp3) is 0.259. The second-order valence-electron chi connectivity index (χ2n) is 8.57. The highest BCUT2D eigenvalue weighted by atomic mass is 32.2. The van der Waals surface area contributed by atoms with Crippen LogP contribution in [0.5, 0.6) is 5.75 Å². The number of thioether (sulfide) groups is 1. The number of carbonyl (C=O) groups excluding carboxylic acids is 2. The van der Waals surface area contributed by atoms with E-state index in [0.717, 1.165) is 17.2 Å². The molecule has 0 saturated heterocycles. The van der Waals surface area contributed by atoms with Crippen molar-refractivity contribution in [2.45, 2.75) is 11.5 Å². The van der Waals surface area contributed by atoms with Gasteiger partial charge in [0.2, 0.25) is 0 Å². The zero-order valence-electron chi connectivity index (χ0n) is 21.6. The summed E-state index contributed by atoms with van der Waals surface area (Å²) in [5.41, 5.74) is 4.31. The quantitative estimate of drug-likeness (QED) is 0.255. The monoisotopic (exact) mass is 578 g/mol. The first-order chi connectivity index (χ1) is 18.5. The summed E-state index contributed by atoms with van der Waals surface area (Å²) < 4.78 is 56.5. The standard InChI is InChI=1S/C27H28F2N2O6S2/c1-36-30-26(32)16-31(11-12-39(3,34)35)27(33)20-6-4-5-18(13-20)17-37-21-9-7-19(8-10-21)22-14-23(28)24(29)15-25(22)38-2/h4-10,13-15H,11-12,16-17H2,1-3H3,(H,30,32). The van der Waals surface area contributed by atoms with Crippen LogP contribution < -0.4 is 10.2 Å². The summed E-state index contributed by atoms with van der Waals surface area (Å²) >= 11 is 1.31. The number of hydrogen-bond donors (Lipinski definition) is 1. The number of nitrogens with zero attached hydrogens (tertiary/aromatic N) is 1. The molecule has 2 amide bonds. The van der Waals surface area contributed by atoms with Crippen LogP contribution in [0.3, 0.4) is 0 Å². The molecule has 0 saturated carbocycles. The van der Waals surface area contributed by atoms with E-state index in [9.17, 15) is 26.8 Å². The van der Waals surface area contributed by atoms with Crippen molar-refractivity contribution in [3.05, 3.63) is 83.4 Å². The summed E-state index contributed by atoms with van der Waals surface area (Å²) in [6.07, 6.45) is 2.83. The summed E-state index contributed by atoms with van der Waals surface area (Å²) in [4.78, 5) is 31.4. The largest absolute Gasteiger partial charge is 0.489 e. The van der Waals surface area contributed by atoms with Crippen molar-refractivity contribution in [2.24, 2.45) is 0 Å². The molecule has 1 N–H and O–H groups in total. The molecule has 0 heterocycles. The third-order valence-corrected chi connectivity index (χ3v) is 7.26. The summed E-state index contributed by atoms with van der Waals surface area (Å²) in [5.74, 6) is -2.73. The van der Waals surface area contributed by atoms with Crippen LogP contribution in [0.15, 0.2) is 65.6 Å². The molecule has 39 heavy (non-hydrogen) atoms. The molecule has 0 radical (unpaired) electrons. The molecule has 3 aromatic carbocycles. The highest BCUT2D eigenvalue weighted by Gasteiger charge is 2.21. The number of rotatable bonds is 12. The number of carbonyl (C=O) groups is 2. The number of benzene rings is 3. The topological polar surface area (TPSA) is 102 Å². The first-order valence-corrected chi connectivity index (χ1v) is 14.9. The predicted molar refractivity (Wildman–Crippen MR) is 145 cm³/mol. The number of hydrogen-bond acceptors (Lipinski definition) is 7. The van der Waals surface area contributed by atoms with Crippen LogP contribution in [-0.2, 0) is 26.1 Å². The molecule has 0 aromatic heterocycles. The molecule has 0 spiro atoms. The third-order valence-electron chi connectivity index (χ3n) is 5.56. The molecule has 3 rings (SSSR count). The van der Waals surface area contributed by atoms with E-state index in [0.29, 0.717) is 27.3 Å². The maximum atomic E-state index is 13.8. The number of halogens is 2. The molecule has 3 aromatic rings. The van der Waals surface area contributed by atoms with Gasteiger partial charge in [0.05, 0.1) is 12.9 Å². The summed E-state index contributed by atoms with van der Waals surface area (Å²) in [6, 6.07) is 15.8. The van der Waals surface area contributed by atoms with Gasteiger partial charge in [0.1, 0.15) is 28.7 Å². The van der Waals surface area contributed by atoms with Crippen LogP contribution >= 0.6 is 11.8 Å². The molecule has 0 aliphatic rings. The fourth-order valence-electron chi connectivity index (χ4n) is 3.65. The van der Waals surface area contributed by atoms with Gasteiger partial charge in [-0.3, -0.25) is 14.4 Å². The van der Waals surface area contributed by atoms with Gasteiger partial charge in [-0.2, -0.15) is 0 Å². The molecule has 8 nitrogen and oxygen atoms in total. The normalized spacial score (nSPS) is 11.2. The Labute approximate surface area is 230 Å². The van der Waals surface area contributed by atoms with Gasteiger partial charge >= 0.3 is 0 Å². The molecular formula is C27H28F2N2O6S2. The van der Waals surface area contributed by atoms with Crippen molar-refractivity contribution < 1.29 is 36.4 Å². The Morgan fingerprint density at radius 3 is 2.36 bits per heavy atom.